The lowest BCUT2D eigenvalue weighted by atomic mass is 10.1. The zero-order valence-electron chi connectivity index (χ0n) is 12.2. The highest BCUT2D eigenvalue weighted by Crippen LogP contribution is 2.28. The number of halogens is 1. The van der Waals surface area contributed by atoms with Crippen molar-refractivity contribution in [2.45, 2.75) is 39.7 Å². The second kappa shape index (κ2) is 6.95. The van der Waals surface area contributed by atoms with Gasteiger partial charge in [0, 0.05) is 4.88 Å². The van der Waals surface area contributed by atoms with E-state index < -0.39 is 0 Å². The fourth-order valence-electron chi connectivity index (χ4n) is 2.19. The Morgan fingerprint density at radius 1 is 1.25 bits per heavy atom. The Labute approximate surface area is 124 Å². The smallest absolute Gasteiger partial charge is 0.123 e. The molecule has 0 fully saturated rings. The van der Waals surface area contributed by atoms with Crippen molar-refractivity contribution in [3.63, 3.8) is 0 Å². The SMILES string of the molecule is CCCNC(c1ccc(F)cc1)c1nc(CC)c(C)s1. The molecule has 20 heavy (non-hydrogen) atoms. The maximum absolute atomic E-state index is 13.1. The van der Waals surface area contributed by atoms with Gasteiger partial charge in [-0.1, -0.05) is 26.0 Å². The van der Waals surface area contributed by atoms with Gasteiger partial charge >= 0.3 is 0 Å². The van der Waals surface area contributed by atoms with Gasteiger partial charge in [-0.2, -0.15) is 0 Å². The summed E-state index contributed by atoms with van der Waals surface area (Å²) in [5, 5.41) is 4.58. The number of hydrogen-bond acceptors (Lipinski definition) is 3. The van der Waals surface area contributed by atoms with Gasteiger partial charge < -0.3 is 5.32 Å². The zero-order valence-corrected chi connectivity index (χ0v) is 13.1. The number of nitrogens with one attached hydrogen (secondary N) is 1. The van der Waals surface area contributed by atoms with Crippen LogP contribution in [0, 0.1) is 12.7 Å². The van der Waals surface area contributed by atoms with Crippen molar-refractivity contribution in [2.75, 3.05) is 6.54 Å². The van der Waals surface area contributed by atoms with Crippen molar-refractivity contribution in [1.82, 2.24) is 10.3 Å². The molecule has 2 nitrogen and oxygen atoms in total. The van der Waals surface area contributed by atoms with E-state index in [4.69, 9.17) is 4.98 Å². The first kappa shape index (κ1) is 15.1. The molecule has 2 rings (SSSR count). The van der Waals surface area contributed by atoms with Crippen LogP contribution in [0.15, 0.2) is 24.3 Å². The summed E-state index contributed by atoms with van der Waals surface area (Å²) in [6.45, 7) is 7.29. The van der Waals surface area contributed by atoms with Crippen LogP contribution in [0.1, 0.15) is 47.5 Å². The summed E-state index contributed by atoms with van der Waals surface area (Å²) in [4.78, 5) is 6.01. The van der Waals surface area contributed by atoms with Gasteiger partial charge in [-0.05, 0) is 44.0 Å². The molecule has 2 aromatic rings. The van der Waals surface area contributed by atoms with Crippen LogP contribution in [-0.4, -0.2) is 11.5 Å². The molecular weight excluding hydrogens is 271 g/mol. The lowest BCUT2D eigenvalue weighted by Gasteiger charge is -2.16. The average Bonchev–Trinajstić information content (AvgIpc) is 2.82. The number of benzene rings is 1. The standard InChI is InChI=1S/C16H21FN2S/c1-4-10-18-15(12-6-8-13(17)9-7-12)16-19-14(5-2)11(3)20-16/h6-9,15,18H,4-5,10H2,1-3H3. The van der Waals surface area contributed by atoms with Crippen molar-refractivity contribution in [1.29, 1.82) is 0 Å². The van der Waals surface area contributed by atoms with Crippen LogP contribution in [-0.2, 0) is 6.42 Å². The van der Waals surface area contributed by atoms with E-state index in [9.17, 15) is 4.39 Å². The van der Waals surface area contributed by atoms with Crippen molar-refractivity contribution >= 4 is 11.3 Å². The molecule has 0 amide bonds. The topological polar surface area (TPSA) is 24.9 Å². The molecule has 0 bridgehead atoms. The molecule has 0 aliphatic carbocycles. The van der Waals surface area contributed by atoms with Crippen molar-refractivity contribution in [2.24, 2.45) is 0 Å². The molecule has 1 aromatic heterocycles. The number of aryl methyl sites for hydroxylation is 2. The summed E-state index contributed by atoms with van der Waals surface area (Å²) >= 11 is 1.73. The van der Waals surface area contributed by atoms with Crippen LogP contribution >= 0.6 is 11.3 Å². The molecule has 4 heteroatoms. The first-order chi connectivity index (χ1) is 9.65. The first-order valence-corrected chi connectivity index (χ1v) is 7.92. The molecule has 1 aromatic carbocycles. The molecule has 0 spiro atoms. The molecule has 1 atom stereocenters. The highest BCUT2D eigenvalue weighted by Gasteiger charge is 2.18. The summed E-state index contributed by atoms with van der Waals surface area (Å²) in [5.41, 5.74) is 2.23. The fraction of sp³-hybridized carbons (Fsp3) is 0.438. The Kier molecular flexibility index (Phi) is 5.26. The third-order valence-corrected chi connectivity index (χ3v) is 4.37. The van der Waals surface area contributed by atoms with Gasteiger partial charge in [0.05, 0.1) is 11.7 Å². The minimum Gasteiger partial charge on any atom is -0.304 e. The molecule has 0 aliphatic rings. The summed E-state index contributed by atoms with van der Waals surface area (Å²) in [7, 11) is 0. The zero-order chi connectivity index (χ0) is 14.5. The van der Waals surface area contributed by atoms with E-state index in [1.54, 1.807) is 11.3 Å². The predicted molar refractivity (Wildman–Crippen MR) is 82.8 cm³/mol. The van der Waals surface area contributed by atoms with Crippen LogP contribution in [0.25, 0.3) is 0 Å². The third-order valence-electron chi connectivity index (χ3n) is 3.29. The Morgan fingerprint density at radius 2 is 1.95 bits per heavy atom. The molecule has 0 saturated carbocycles. The van der Waals surface area contributed by atoms with Gasteiger partial charge in [0.25, 0.3) is 0 Å². The van der Waals surface area contributed by atoms with Gasteiger partial charge in [-0.3, -0.25) is 0 Å². The van der Waals surface area contributed by atoms with E-state index in [-0.39, 0.29) is 11.9 Å². The van der Waals surface area contributed by atoms with Crippen LogP contribution in [0.4, 0.5) is 4.39 Å². The lowest BCUT2D eigenvalue weighted by Crippen LogP contribution is -2.23. The Hall–Kier alpha value is -1.26. The van der Waals surface area contributed by atoms with Gasteiger partial charge in [0.1, 0.15) is 10.8 Å². The van der Waals surface area contributed by atoms with E-state index in [2.05, 4.69) is 26.1 Å². The van der Waals surface area contributed by atoms with Crippen LogP contribution in [0.3, 0.4) is 0 Å². The number of hydrogen-bond donors (Lipinski definition) is 1. The second-order valence-corrected chi connectivity index (χ2v) is 6.08. The van der Waals surface area contributed by atoms with E-state index in [0.717, 1.165) is 35.7 Å². The quantitative estimate of drug-likeness (QED) is 0.861. The largest absolute Gasteiger partial charge is 0.304 e. The van der Waals surface area contributed by atoms with E-state index in [1.807, 2.05) is 12.1 Å². The number of aromatic nitrogens is 1. The Bertz CT molecular complexity index is 548. The molecular formula is C16H21FN2S. The predicted octanol–water partition coefficient (Wildman–Crippen LogP) is 4.24. The molecule has 1 unspecified atom stereocenters. The fourth-order valence-corrected chi connectivity index (χ4v) is 3.31. The minimum atomic E-state index is -0.201. The molecule has 0 radical (unpaired) electrons. The lowest BCUT2D eigenvalue weighted by molar-refractivity contribution is 0.589. The number of rotatable bonds is 6. The van der Waals surface area contributed by atoms with Gasteiger partial charge in [0.15, 0.2) is 0 Å². The molecule has 1 N–H and O–H groups in total. The number of nitrogens with zero attached hydrogens (tertiary/aromatic N) is 1. The summed E-state index contributed by atoms with van der Waals surface area (Å²) in [6, 6.07) is 6.75. The molecule has 108 valence electrons. The summed E-state index contributed by atoms with van der Waals surface area (Å²) in [5.74, 6) is -0.201. The maximum Gasteiger partial charge on any atom is 0.123 e. The normalized spacial score (nSPS) is 12.6. The van der Waals surface area contributed by atoms with Crippen LogP contribution in [0.2, 0.25) is 0 Å². The van der Waals surface area contributed by atoms with E-state index in [1.165, 1.54) is 17.0 Å². The van der Waals surface area contributed by atoms with Crippen molar-refractivity contribution < 1.29 is 4.39 Å². The first-order valence-electron chi connectivity index (χ1n) is 7.10. The van der Waals surface area contributed by atoms with E-state index in [0.29, 0.717) is 0 Å². The third kappa shape index (κ3) is 3.44. The molecule has 1 heterocycles. The van der Waals surface area contributed by atoms with Crippen LogP contribution in [0.5, 0.6) is 0 Å². The second-order valence-electron chi connectivity index (χ2n) is 4.85. The maximum atomic E-state index is 13.1. The Morgan fingerprint density at radius 3 is 2.50 bits per heavy atom. The highest BCUT2D eigenvalue weighted by molar-refractivity contribution is 7.11. The summed E-state index contributed by atoms with van der Waals surface area (Å²) in [6.07, 6.45) is 2.01. The van der Waals surface area contributed by atoms with Crippen molar-refractivity contribution in [3.8, 4) is 0 Å². The average molecular weight is 292 g/mol. The highest BCUT2D eigenvalue weighted by atomic mass is 32.1. The molecule has 0 aliphatic heterocycles. The Balaban J connectivity index is 2.33. The van der Waals surface area contributed by atoms with Crippen molar-refractivity contribution in [3.05, 3.63) is 51.2 Å². The minimum absolute atomic E-state index is 0.0551. The van der Waals surface area contributed by atoms with Gasteiger partial charge in [-0.25, -0.2) is 9.37 Å². The van der Waals surface area contributed by atoms with Gasteiger partial charge in [-0.15, -0.1) is 11.3 Å². The van der Waals surface area contributed by atoms with E-state index >= 15 is 0 Å². The van der Waals surface area contributed by atoms with Crippen LogP contribution < -0.4 is 5.32 Å². The summed E-state index contributed by atoms with van der Waals surface area (Å²) < 4.78 is 13.1. The monoisotopic (exact) mass is 292 g/mol. The number of thiazole rings is 1. The molecule has 0 saturated heterocycles. The van der Waals surface area contributed by atoms with Gasteiger partial charge in [0.2, 0.25) is 0 Å².